The Morgan fingerprint density at radius 3 is 3.00 bits per heavy atom. The summed E-state index contributed by atoms with van der Waals surface area (Å²) in [5.41, 5.74) is 6.02. The number of thioether (sulfide) groups is 1. The summed E-state index contributed by atoms with van der Waals surface area (Å²) in [6.45, 7) is 4.07. The second-order valence-corrected chi connectivity index (χ2v) is 9.90. The third-order valence-electron chi connectivity index (χ3n) is 5.17. The summed E-state index contributed by atoms with van der Waals surface area (Å²) in [6.07, 6.45) is 4.43. The molecular formula is C20H22N4O4S2. The van der Waals surface area contributed by atoms with E-state index in [1.165, 1.54) is 4.88 Å². The van der Waals surface area contributed by atoms with Crippen molar-refractivity contribution in [3.8, 4) is 0 Å². The lowest BCUT2D eigenvalue weighted by Crippen LogP contribution is -2.39. The molecule has 3 amide bonds. The smallest absolute Gasteiger partial charge is 0.318 e. The molecule has 3 aromatic heterocycles. The Kier molecular flexibility index (Phi) is 5.70. The van der Waals surface area contributed by atoms with Gasteiger partial charge >= 0.3 is 6.03 Å². The van der Waals surface area contributed by atoms with E-state index >= 15 is 0 Å². The number of amides is 3. The predicted molar refractivity (Wildman–Crippen MR) is 116 cm³/mol. The van der Waals surface area contributed by atoms with Crippen molar-refractivity contribution < 1.29 is 14.0 Å². The van der Waals surface area contributed by atoms with Crippen molar-refractivity contribution in [2.45, 2.75) is 50.1 Å². The Morgan fingerprint density at radius 2 is 2.30 bits per heavy atom. The van der Waals surface area contributed by atoms with Gasteiger partial charge in [0.25, 0.3) is 5.56 Å². The second kappa shape index (κ2) is 8.27. The maximum absolute atomic E-state index is 13.5. The maximum atomic E-state index is 13.5. The molecule has 0 aromatic carbocycles. The Labute approximate surface area is 180 Å². The molecule has 0 bridgehead atoms. The van der Waals surface area contributed by atoms with Crippen molar-refractivity contribution in [1.29, 1.82) is 0 Å². The van der Waals surface area contributed by atoms with E-state index in [0.717, 1.165) is 36.6 Å². The van der Waals surface area contributed by atoms with E-state index in [1.54, 1.807) is 41.2 Å². The van der Waals surface area contributed by atoms with Crippen molar-refractivity contribution in [1.82, 2.24) is 14.9 Å². The van der Waals surface area contributed by atoms with Gasteiger partial charge in [-0.15, -0.1) is 11.3 Å². The SMILES string of the molecule is CC1CCc2c(sc3nc(SC(C)C(=O)NC(N)=O)n(Cc4ccco4)c(=O)c23)C1. The van der Waals surface area contributed by atoms with Crippen LogP contribution in [0.25, 0.3) is 10.2 Å². The standard InChI is InChI=1S/C20H22N4O4S2/c1-10-5-6-13-14(8-10)30-17-15(13)18(26)24(9-12-4-3-7-28-12)20(23-17)29-11(2)16(25)22-19(21)27/h3-4,7,10-11H,5-6,8-9H2,1-2H3,(H3,21,22,25,27). The number of nitrogens with one attached hydrogen (secondary N) is 1. The van der Waals surface area contributed by atoms with Gasteiger partial charge < -0.3 is 10.2 Å². The first-order valence-electron chi connectivity index (χ1n) is 9.68. The summed E-state index contributed by atoms with van der Waals surface area (Å²) in [4.78, 5) is 43.4. The van der Waals surface area contributed by atoms with Gasteiger partial charge in [-0.25, -0.2) is 9.78 Å². The van der Waals surface area contributed by atoms with Crippen LogP contribution in [0, 0.1) is 5.92 Å². The minimum atomic E-state index is -0.913. The molecule has 30 heavy (non-hydrogen) atoms. The van der Waals surface area contributed by atoms with E-state index in [4.69, 9.17) is 15.1 Å². The van der Waals surface area contributed by atoms with Crippen molar-refractivity contribution in [2.75, 3.05) is 0 Å². The number of carbonyl (C=O) groups excluding carboxylic acids is 2. The van der Waals surface area contributed by atoms with Crippen LogP contribution in [-0.4, -0.2) is 26.7 Å². The number of thiophene rings is 1. The number of furan rings is 1. The Morgan fingerprint density at radius 1 is 1.50 bits per heavy atom. The summed E-state index contributed by atoms with van der Waals surface area (Å²) in [5.74, 6) is 0.667. The second-order valence-electron chi connectivity index (χ2n) is 7.51. The van der Waals surface area contributed by atoms with Crippen LogP contribution >= 0.6 is 23.1 Å². The molecule has 0 radical (unpaired) electrons. The summed E-state index contributed by atoms with van der Waals surface area (Å²) in [5, 5.41) is 2.48. The van der Waals surface area contributed by atoms with Crippen molar-refractivity contribution >= 4 is 45.3 Å². The summed E-state index contributed by atoms with van der Waals surface area (Å²) < 4.78 is 6.98. The van der Waals surface area contributed by atoms with Crippen LogP contribution in [0.4, 0.5) is 4.79 Å². The molecule has 0 fully saturated rings. The number of rotatable bonds is 5. The Bertz CT molecular complexity index is 1170. The van der Waals surface area contributed by atoms with Crippen LogP contribution in [0.15, 0.2) is 32.8 Å². The highest BCUT2D eigenvalue weighted by Crippen LogP contribution is 2.37. The van der Waals surface area contributed by atoms with Crippen LogP contribution < -0.4 is 16.6 Å². The average molecular weight is 447 g/mol. The molecule has 1 aliphatic rings. The first-order valence-corrected chi connectivity index (χ1v) is 11.4. The highest BCUT2D eigenvalue weighted by molar-refractivity contribution is 8.00. The molecule has 4 rings (SSSR count). The quantitative estimate of drug-likeness (QED) is 0.459. The van der Waals surface area contributed by atoms with Crippen molar-refractivity contribution in [2.24, 2.45) is 11.7 Å². The van der Waals surface area contributed by atoms with Gasteiger partial charge in [0.05, 0.1) is 23.4 Å². The highest BCUT2D eigenvalue weighted by atomic mass is 32.2. The number of nitrogens with two attached hydrogens (primary N) is 1. The van der Waals surface area contributed by atoms with Gasteiger partial charge in [0.15, 0.2) is 5.16 Å². The third kappa shape index (κ3) is 4.01. The number of aryl methyl sites for hydroxylation is 1. The van der Waals surface area contributed by atoms with E-state index in [9.17, 15) is 14.4 Å². The molecule has 10 heteroatoms. The van der Waals surface area contributed by atoms with Crippen molar-refractivity contribution in [3.63, 3.8) is 0 Å². The molecular weight excluding hydrogens is 424 g/mol. The lowest BCUT2D eigenvalue weighted by Gasteiger charge is -2.18. The molecule has 0 saturated carbocycles. The molecule has 8 nitrogen and oxygen atoms in total. The van der Waals surface area contributed by atoms with Crippen LogP contribution in [0.2, 0.25) is 0 Å². The van der Waals surface area contributed by atoms with Gasteiger partial charge in [-0.2, -0.15) is 0 Å². The molecule has 158 valence electrons. The zero-order valence-electron chi connectivity index (χ0n) is 16.6. The molecule has 2 atom stereocenters. The van der Waals surface area contributed by atoms with Gasteiger partial charge in [-0.1, -0.05) is 18.7 Å². The van der Waals surface area contributed by atoms with Crippen LogP contribution in [-0.2, 0) is 24.2 Å². The zero-order valence-corrected chi connectivity index (χ0v) is 18.3. The molecule has 3 N–H and O–H groups in total. The lowest BCUT2D eigenvalue weighted by molar-refractivity contribution is -0.119. The molecule has 3 aromatic rings. The Balaban J connectivity index is 1.80. The fourth-order valence-corrected chi connectivity index (χ4v) is 5.96. The van der Waals surface area contributed by atoms with Crippen molar-refractivity contribution in [3.05, 3.63) is 45.0 Å². The largest absolute Gasteiger partial charge is 0.467 e. The van der Waals surface area contributed by atoms with Gasteiger partial charge in [-0.05, 0) is 49.8 Å². The summed E-state index contributed by atoms with van der Waals surface area (Å²) in [6, 6.07) is 2.64. The van der Waals surface area contributed by atoms with Crippen LogP contribution in [0.3, 0.4) is 0 Å². The Hall–Kier alpha value is -2.59. The highest BCUT2D eigenvalue weighted by Gasteiger charge is 2.26. The summed E-state index contributed by atoms with van der Waals surface area (Å²) in [7, 11) is 0. The fraction of sp³-hybridized carbons (Fsp3) is 0.400. The first kappa shape index (κ1) is 20.7. The number of fused-ring (bicyclic) bond motifs is 3. The zero-order chi connectivity index (χ0) is 21.4. The summed E-state index contributed by atoms with van der Waals surface area (Å²) >= 11 is 2.67. The monoisotopic (exact) mass is 446 g/mol. The number of imide groups is 1. The number of hydrogen-bond donors (Lipinski definition) is 2. The number of aromatic nitrogens is 2. The fourth-order valence-electron chi connectivity index (χ4n) is 3.63. The number of hydrogen-bond acceptors (Lipinski definition) is 7. The molecule has 0 spiro atoms. The van der Waals surface area contributed by atoms with Gasteiger partial charge in [0.2, 0.25) is 5.91 Å². The van der Waals surface area contributed by atoms with Gasteiger partial charge in [-0.3, -0.25) is 19.5 Å². The van der Waals surface area contributed by atoms with Crippen LogP contribution in [0.1, 0.15) is 36.5 Å². The third-order valence-corrected chi connectivity index (χ3v) is 7.41. The molecule has 0 aliphatic heterocycles. The first-order chi connectivity index (χ1) is 14.3. The molecule has 1 aliphatic carbocycles. The predicted octanol–water partition coefficient (Wildman–Crippen LogP) is 2.90. The van der Waals surface area contributed by atoms with Gasteiger partial charge in [0, 0.05) is 4.88 Å². The topological polar surface area (TPSA) is 120 Å². The average Bonchev–Trinajstić information content (AvgIpc) is 3.31. The molecule has 0 saturated heterocycles. The van der Waals surface area contributed by atoms with Gasteiger partial charge in [0.1, 0.15) is 10.6 Å². The van der Waals surface area contributed by atoms with Crippen LogP contribution in [0.5, 0.6) is 0 Å². The van der Waals surface area contributed by atoms with E-state index in [0.29, 0.717) is 27.1 Å². The lowest BCUT2D eigenvalue weighted by atomic mass is 9.89. The normalized spacial score (nSPS) is 16.9. The number of primary amides is 1. The van der Waals surface area contributed by atoms with E-state index in [-0.39, 0.29) is 12.1 Å². The number of carbonyl (C=O) groups is 2. The van der Waals surface area contributed by atoms with E-state index in [1.807, 2.05) is 0 Å². The minimum Gasteiger partial charge on any atom is -0.467 e. The number of nitrogens with zero attached hydrogens (tertiary/aromatic N) is 2. The number of urea groups is 1. The molecule has 3 heterocycles. The van der Waals surface area contributed by atoms with E-state index in [2.05, 4.69) is 12.2 Å². The maximum Gasteiger partial charge on any atom is 0.318 e. The van der Waals surface area contributed by atoms with E-state index < -0.39 is 17.2 Å². The minimum absolute atomic E-state index is 0.131. The molecule has 2 unspecified atom stereocenters.